The summed E-state index contributed by atoms with van der Waals surface area (Å²) in [6.45, 7) is -0.0927. The van der Waals surface area contributed by atoms with E-state index in [-0.39, 0.29) is 42.0 Å². The summed E-state index contributed by atoms with van der Waals surface area (Å²) in [7, 11) is 4.07. The summed E-state index contributed by atoms with van der Waals surface area (Å²) in [6.07, 6.45) is -1.85. The zero-order chi connectivity index (χ0) is 31.1. The number of nitrogens with zero attached hydrogens (tertiary/aromatic N) is 1. The van der Waals surface area contributed by atoms with E-state index in [0.717, 1.165) is 4.90 Å². The molecule has 0 aliphatic carbocycles. The van der Waals surface area contributed by atoms with Gasteiger partial charge in [-0.3, -0.25) is 9.59 Å². The van der Waals surface area contributed by atoms with E-state index in [2.05, 4.69) is 5.32 Å². The Hall–Kier alpha value is -5.13. The Balaban J connectivity index is 1.68. The standard InChI is InChI=1S/C31H31FN2O9/c1-40-20-14-19(15-21(16-20)41-2)29(36)33-23-17-34(31(38)39)13-7-10-24(23)43-30(37)26-22(11-12-25(42-3)27(26)32)28(35)18-8-5-4-6-9-18/h4-6,8-9,11-12,14-16,23-24H,7,10,13,17H2,1-3H3,(H,33,36)(H,38,39). The molecule has 2 N–H and O–H groups in total. The number of likely N-dealkylation sites (tertiary alicyclic amines) is 1. The maximum atomic E-state index is 15.6. The van der Waals surface area contributed by atoms with E-state index in [0.29, 0.717) is 17.9 Å². The van der Waals surface area contributed by atoms with E-state index in [1.54, 1.807) is 24.3 Å². The van der Waals surface area contributed by atoms with Crippen molar-refractivity contribution in [2.24, 2.45) is 0 Å². The lowest BCUT2D eigenvalue weighted by molar-refractivity contribution is 0.0172. The molecule has 1 aliphatic heterocycles. The van der Waals surface area contributed by atoms with Crippen LogP contribution in [0.2, 0.25) is 0 Å². The molecular weight excluding hydrogens is 563 g/mol. The molecule has 2 amide bonds. The van der Waals surface area contributed by atoms with E-state index in [1.807, 2.05) is 0 Å². The molecule has 226 valence electrons. The Morgan fingerprint density at radius 2 is 1.58 bits per heavy atom. The average molecular weight is 595 g/mol. The number of rotatable bonds is 9. The van der Waals surface area contributed by atoms with Gasteiger partial charge in [-0.25, -0.2) is 14.0 Å². The van der Waals surface area contributed by atoms with Crippen molar-refractivity contribution in [1.29, 1.82) is 0 Å². The van der Waals surface area contributed by atoms with Gasteiger partial charge >= 0.3 is 12.1 Å². The van der Waals surface area contributed by atoms with Gasteiger partial charge in [-0.2, -0.15) is 0 Å². The number of benzene rings is 3. The molecule has 2 atom stereocenters. The minimum atomic E-state index is -1.22. The monoisotopic (exact) mass is 594 g/mol. The molecule has 12 heteroatoms. The van der Waals surface area contributed by atoms with Crippen LogP contribution in [-0.4, -0.2) is 80.3 Å². The Morgan fingerprint density at radius 1 is 0.907 bits per heavy atom. The lowest BCUT2D eigenvalue weighted by Gasteiger charge is -2.28. The van der Waals surface area contributed by atoms with Gasteiger partial charge in [-0.05, 0) is 37.1 Å². The first-order chi connectivity index (χ1) is 20.7. The normalized spacial score (nSPS) is 16.4. The third-order valence-corrected chi connectivity index (χ3v) is 7.05. The Labute approximate surface area is 247 Å². The van der Waals surface area contributed by atoms with Crippen molar-refractivity contribution in [3.8, 4) is 17.2 Å². The molecule has 4 rings (SSSR count). The van der Waals surface area contributed by atoms with Crippen molar-refractivity contribution in [3.63, 3.8) is 0 Å². The van der Waals surface area contributed by atoms with Gasteiger partial charge < -0.3 is 34.3 Å². The fourth-order valence-corrected chi connectivity index (χ4v) is 4.82. The van der Waals surface area contributed by atoms with Gasteiger partial charge in [-0.1, -0.05) is 30.3 Å². The number of methoxy groups -OCH3 is 3. The largest absolute Gasteiger partial charge is 0.497 e. The van der Waals surface area contributed by atoms with Gasteiger partial charge in [0.05, 0.1) is 27.4 Å². The fourth-order valence-electron chi connectivity index (χ4n) is 4.82. The number of amides is 2. The lowest BCUT2D eigenvalue weighted by Crippen LogP contribution is -2.51. The van der Waals surface area contributed by atoms with Crippen molar-refractivity contribution in [1.82, 2.24) is 10.2 Å². The summed E-state index contributed by atoms with van der Waals surface area (Å²) < 4.78 is 36.8. The smallest absolute Gasteiger partial charge is 0.407 e. The molecule has 11 nitrogen and oxygen atoms in total. The summed E-state index contributed by atoms with van der Waals surface area (Å²) in [5, 5.41) is 12.4. The van der Waals surface area contributed by atoms with Crippen molar-refractivity contribution in [2.75, 3.05) is 34.4 Å². The van der Waals surface area contributed by atoms with Gasteiger partial charge in [0, 0.05) is 35.8 Å². The SMILES string of the molecule is COc1cc(OC)cc(C(=O)NC2CN(C(=O)O)CCCC2OC(=O)c2c(C(=O)c3ccccc3)ccc(OC)c2F)c1. The van der Waals surface area contributed by atoms with Gasteiger partial charge in [0.2, 0.25) is 0 Å². The van der Waals surface area contributed by atoms with Crippen molar-refractivity contribution in [2.45, 2.75) is 25.0 Å². The molecule has 1 aliphatic rings. The molecule has 43 heavy (non-hydrogen) atoms. The molecule has 1 fully saturated rings. The van der Waals surface area contributed by atoms with Crippen LogP contribution < -0.4 is 19.5 Å². The second-order valence-electron chi connectivity index (χ2n) is 9.70. The summed E-state index contributed by atoms with van der Waals surface area (Å²) in [4.78, 5) is 53.2. The zero-order valence-corrected chi connectivity index (χ0v) is 23.8. The van der Waals surface area contributed by atoms with Crippen LogP contribution in [0, 0.1) is 5.82 Å². The summed E-state index contributed by atoms with van der Waals surface area (Å²) in [5.41, 5.74) is -0.483. The van der Waals surface area contributed by atoms with Crippen LogP contribution in [0.5, 0.6) is 17.2 Å². The van der Waals surface area contributed by atoms with E-state index in [1.165, 1.54) is 57.7 Å². The van der Waals surface area contributed by atoms with Crippen LogP contribution in [-0.2, 0) is 4.74 Å². The average Bonchev–Trinajstić information content (AvgIpc) is 3.22. The molecule has 3 aromatic rings. The number of nitrogens with one attached hydrogen (secondary N) is 1. The Bertz CT molecular complexity index is 1490. The third kappa shape index (κ3) is 7.03. The second-order valence-corrected chi connectivity index (χ2v) is 9.70. The van der Waals surface area contributed by atoms with Crippen LogP contribution in [0.3, 0.4) is 0 Å². The quantitative estimate of drug-likeness (QED) is 0.276. The molecule has 1 heterocycles. The van der Waals surface area contributed by atoms with E-state index in [4.69, 9.17) is 18.9 Å². The molecule has 2 unspecified atom stereocenters. The molecule has 3 aromatic carbocycles. The van der Waals surface area contributed by atoms with Gasteiger partial charge in [0.1, 0.15) is 23.2 Å². The lowest BCUT2D eigenvalue weighted by atomic mass is 9.97. The van der Waals surface area contributed by atoms with Crippen LogP contribution in [0.1, 0.15) is 49.5 Å². The van der Waals surface area contributed by atoms with Crippen LogP contribution in [0.25, 0.3) is 0 Å². The van der Waals surface area contributed by atoms with Crippen LogP contribution in [0.4, 0.5) is 9.18 Å². The third-order valence-electron chi connectivity index (χ3n) is 7.05. The molecular formula is C31H31FN2O9. The molecule has 0 bridgehead atoms. The first kappa shape index (κ1) is 30.8. The molecule has 1 saturated heterocycles. The number of hydrogen-bond donors (Lipinski definition) is 2. The number of halogens is 1. The number of ketones is 1. The topological polar surface area (TPSA) is 141 Å². The molecule has 0 aromatic heterocycles. The van der Waals surface area contributed by atoms with E-state index in [9.17, 15) is 24.3 Å². The molecule has 0 spiro atoms. The second kappa shape index (κ2) is 13.7. The zero-order valence-electron chi connectivity index (χ0n) is 23.8. The Morgan fingerprint density at radius 3 is 2.19 bits per heavy atom. The van der Waals surface area contributed by atoms with Crippen LogP contribution >= 0.6 is 0 Å². The van der Waals surface area contributed by atoms with Crippen LogP contribution in [0.15, 0.2) is 60.7 Å². The predicted octanol–water partition coefficient (Wildman–Crippen LogP) is 4.18. The summed E-state index contributed by atoms with van der Waals surface area (Å²) in [5.74, 6) is -3.03. The fraction of sp³-hybridized carbons (Fsp3) is 0.290. The molecule has 0 saturated carbocycles. The first-order valence-corrected chi connectivity index (χ1v) is 13.4. The highest BCUT2D eigenvalue weighted by Crippen LogP contribution is 2.28. The molecule has 0 radical (unpaired) electrons. The van der Waals surface area contributed by atoms with Gasteiger partial charge in [0.15, 0.2) is 17.3 Å². The highest BCUT2D eigenvalue weighted by Gasteiger charge is 2.35. The highest BCUT2D eigenvalue weighted by molar-refractivity contribution is 6.14. The number of esters is 1. The van der Waals surface area contributed by atoms with Crippen molar-refractivity contribution >= 4 is 23.8 Å². The number of hydrogen-bond acceptors (Lipinski definition) is 8. The Kier molecular flexibility index (Phi) is 9.81. The van der Waals surface area contributed by atoms with Crippen molar-refractivity contribution in [3.05, 3.63) is 88.7 Å². The van der Waals surface area contributed by atoms with Gasteiger partial charge in [0.25, 0.3) is 5.91 Å². The number of carbonyl (C=O) groups excluding carboxylic acids is 3. The summed E-state index contributed by atoms with van der Waals surface area (Å²) >= 11 is 0. The predicted molar refractivity (Wildman–Crippen MR) is 152 cm³/mol. The minimum Gasteiger partial charge on any atom is -0.497 e. The summed E-state index contributed by atoms with van der Waals surface area (Å²) in [6, 6.07) is 14.1. The van der Waals surface area contributed by atoms with Gasteiger partial charge in [-0.15, -0.1) is 0 Å². The highest BCUT2D eigenvalue weighted by atomic mass is 19.1. The number of ether oxygens (including phenoxy) is 4. The van der Waals surface area contributed by atoms with E-state index >= 15 is 4.39 Å². The number of carbonyl (C=O) groups is 4. The van der Waals surface area contributed by atoms with Crippen molar-refractivity contribution < 1.29 is 47.6 Å². The minimum absolute atomic E-state index is 0.119. The maximum absolute atomic E-state index is 15.6. The maximum Gasteiger partial charge on any atom is 0.407 e. The first-order valence-electron chi connectivity index (χ1n) is 13.4. The number of carboxylic acid groups (broad SMARTS) is 1. The van der Waals surface area contributed by atoms with E-state index < -0.39 is 47.3 Å².